The number of nitrogens with zero attached hydrogens (tertiary/aromatic N) is 2. The first-order chi connectivity index (χ1) is 13.1. The number of carbonyl (C=O) groups excluding carboxylic acids is 2. The molecule has 0 aliphatic heterocycles. The summed E-state index contributed by atoms with van der Waals surface area (Å²) in [7, 11) is 0. The number of nitrogens with one attached hydrogen (secondary N) is 2. The van der Waals surface area contributed by atoms with E-state index in [4.69, 9.17) is 14.9 Å². The van der Waals surface area contributed by atoms with Gasteiger partial charge < -0.3 is 9.47 Å². The van der Waals surface area contributed by atoms with Gasteiger partial charge in [0.1, 0.15) is 13.2 Å². The van der Waals surface area contributed by atoms with Crippen molar-refractivity contribution in [3.05, 3.63) is 71.8 Å². The van der Waals surface area contributed by atoms with Gasteiger partial charge in [-0.2, -0.15) is 10.6 Å². The summed E-state index contributed by atoms with van der Waals surface area (Å²) < 4.78 is 10.1. The molecule has 0 bridgehead atoms. The highest BCUT2D eigenvalue weighted by atomic mass is 16.5. The fourth-order valence-corrected chi connectivity index (χ4v) is 1.97. The molecule has 0 aliphatic carbocycles. The smallest absolute Gasteiger partial charge is 0.361 e. The maximum absolute atomic E-state index is 12.2. The van der Waals surface area contributed by atoms with Gasteiger partial charge in [-0.25, -0.2) is 9.59 Å². The zero-order valence-corrected chi connectivity index (χ0v) is 14.4. The zero-order valence-electron chi connectivity index (χ0n) is 14.4. The molecule has 0 aliphatic rings. The number of benzene rings is 2. The van der Waals surface area contributed by atoms with Gasteiger partial charge in [-0.05, 0) is 11.1 Å². The fraction of sp³-hybridized carbons (Fsp3) is 0.105. The van der Waals surface area contributed by atoms with Gasteiger partial charge in [-0.3, -0.25) is 5.41 Å². The lowest BCUT2D eigenvalue weighted by Gasteiger charge is -2.09. The van der Waals surface area contributed by atoms with Gasteiger partial charge in [0.05, 0.1) is 0 Å². The van der Waals surface area contributed by atoms with Crippen molar-refractivity contribution < 1.29 is 19.1 Å². The molecule has 2 N–H and O–H groups in total. The minimum absolute atomic E-state index is 0.0352. The van der Waals surface area contributed by atoms with Gasteiger partial charge in [0, 0.05) is 6.72 Å². The van der Waals surface area contributed by atoms with Crippen LogP contribution in [0, 0.1) is 5.41 Å². The standard InChI is InChI=1S/C19H18N4O4/c1-21-23-22-17(19(25)27-13-15-10-6-3-7-11-15)16(20)18(24)26-12-14-8-4-2-5-9-14/h2-11,20,23H,1,12-13H2. The van der Waals surface area contributed by atoms with Crippen LogP contribution in [0.4, 0.5) is 0 Å². The summed E-state index contributed by atoms with van der Waals surface area (Å²) in [5.41, 5.74) is 2.27. The van der Waals surface area contributed by atoms with E-state index in [2.05, 4.69) is 22.5 Å². The van der Waals surface area contributed by atoms with Crippen molar-refractivity contribution in [2.24, 2.45) is 10.2 Å². The monoisotopic (exact) mass is 366 g/mol. The normalized spacial score (nSPS) is 10.6. The Labute approximate surface area is 156 Å². The Balaban J connectivity index is 2.00. The van der Waals surface area contributed by atoms with Crippen molar-refractivity contribution in [1.82, 2.24) is 5.53 Å². The Morgan fingerprint density at radius 3 is 1.85 bits per heavy atom. The van der Waals surface area contributed by atoms with Gasteiger partial charge in [0.15, 0.2) is 5.71 Å². The summed E-state index contributed by atoms with van der Waals surface area (Å²) in [4.78, 5) is 24.3. The van der Waals surface area contributed by atoms with Crippen molar-refractivity contribution in [2.75, 3.05) is 0 Å². The second-order valence-electron chi connectivity index (χ2n) is 5.22. The van der Waals surface area contributed by atoms with E-state index in [0.717, 1.165) is 11.1 Å². The van der Waals surface area contributed by atoms with Crippen molar-refractivity contribution in [3.63, 3.8) is 0 Å². The van der Waals surface area contributed by atoms with Crippen LogP contribution in [-0.4, -0.2) is 30.1 Å². The molecule has 0 aromatic heterocycles. The average molecular weight is 366 g/mol. The molecule has 2 aromatic rings. The summed E-state index contributed by atoms with van der Waals surface area (Å²) in [6.07, 6.45) is 0. The molecule has 0 fully saturated rings. The Morgan fingerprint density at radius 2 is 1.37 bits per heavy atom. The van der Waals surface area contributed by atoms with Crippen LogP contribution in [0.1, 0.15) is 11.1 Å². The van der Waals surface area contributed by atoms with Gasteiger partial charge in [0.2, 0.25) is 5.71 Å². The summed E-state index contributed by atoms with van der Waals surface area (Å²) in [6, 6.07) is 17.9. The Bertz CT molecular complexity index is 835. The van der Waals surface area contributed by atoms with E-state index in [0.29, 0.717) is 0 Å². The minimum atomic E-state index is -1.01. The predicted molar refractivity (Wildman–Crippen MR) is 100 cm³/mol. The third-order valence-electron chi connectivity index (χ3n) is 3.29. The van der Waals surface area contributed by atoms with E-state index in [-0.39, 0.29) is 13.2 Å². The van der Waals surface area contributed by atoms with E-state index in [1.807, 2.05) is 12.1 Å². The van der Waals surface area contributed by atoms with Crippen molar-refractivity contribution in [2.45, 2.75) is 13.2 Å². The molecule has 8 nitrogen and oxygen atoms in total. The van der Waals surface area contributed by atoms with E-state index >= 15 is 0 Å². The quantitative estimate of drug-likeness (QED) is 0.401. The van der Waals surface area contributed by atoms with E-state index in [9.17, 15) is 9.59 Å². The first-order valence-electron chi connectivity index (χ1n) is 7.91. The van der Waals surface area contributed by atoms with Crippen LogP contribution >= 0.6 is 0 Å². The molecule has 27 heavy (non-hydrogen) atoms. The van der Waals surface area contributed by atoms with Crippen LogP contribution in [0.15, 0.2) is 70.9 Å². The van der Waals surface area contributed by atoms with Crippen LogP contribution < -0.4 is 5.53 Å². The number of hydrogen-bond acceptors (Lipinski definition) is 8. The third-order valence-corrected chi connectivity index (χ3v) is 3.29. The zero-order chi connectivity index (χ0) is 19.5. The highest BCUT2D eigenvalue weighted by Crippen LogP contribution is 2.04. The topological polar surface area (TPSA) is 113 Å². The summed E-state index contributed by atoms with van der Waals surface area (Å²) in [5, 5.41) is 14.7. The van der Waals surface area contributed by atoms with Crippen LogP contribution in [0.3, 0.4) is 0 Å². The first kappa shape index (κ1) is 19.5. The number of rotatable bonds is 9. The predicted octanol–water partition coefficient (Wildman–Crippen LogP) is 2.05. The second kappa shape index (κ2) is 10.2. The molecule has 0 saturated carbocycles. The molecule has 0 unspecified atom stereocenters. The minimum Gasteiger partial charge on any atom is -0.456 e. The molecular weight excluding hydrogens is 348 g/mol. The average Bonchev–Trinajstić information content (AvgIpc) is 2.72. The molecule has 0 amide bonds. The fourth-order valence-electron chi connectivity index (χ4n) is 1.97. The lowest BCUT2D eigenvalue weighted by Crippen LogP contribution is -2.34. The number of ether oxygens (including phenoxy) is 2. The van der Waals surface area contributed by atoms with Crippen molar-refractivity contribution >= 4 is 30.1 Å². The molecule has 0 heterocycles. The first-order valence-corrected chi connectivity index (χ1v) is 7.91. The summed E-state index contributed by atoms with van der Waals surface area (Å²) in [6.45, 7) is 3.08. The summed E-state index contributed by atoms with van der Waals surface area (Å²) in [5.74, 6) is -1.98. The second-order valence-corrected chi connectivity index (χ2v) is 5.22. The van der Waals surface area contributed by atoms with Gasteiger partial charge >= 0.3 is 11.9 Å². The molecule has 2 rings (SSSR count). The van der Waals surface area contributed by atoms with E-state index in [1.165, 1.54) is 0 Å². The van der Waals surface area contributed by atoms with Crippen molar-refractivity contribution in [1.29, 1.82) is 5.41 Å². The van der Waals surface area contributed by atoms with Crippen LogP contribution in [0.25, 0.3) is 0 Å². The van der Waals surface area contributed by atoms with Crippen LogP contribution in [0.5, 0.6) is 0 Å². The molecule has 0 spiro atoms. The Hall–Kier alpha value is -3.81. The lowest BCUT2D eigenvalue weighted by molar-refractivity contribution is -0.138. The van der Waals surface area contributed by atoms with Gasteiger partial charge in [-0.15, -0.1) is 5.10 Å². The highest BCUT2D eigenvalue weighted by Gasteiger charge is 2.26. The van der Waals surface area contributed by atoms with Crippen LogP contribution in [0.2, 0.25) is 0 Å². The van der Waals surface area contributed by atoms with Gasteiger partial charge in [0.25, 0.3) is 0 Å². The molecule has 8 heteroatoms. The maximum atomic E-state index is 12.2. The largest absolute Gasteiger partial charge is 0.456 e. The Morgan fingerprint density at radius 1 is 0.889 bits per heavy atom. The molecule has 0 saturated heterocycles. The number of hydrazone groups is 2. The summed E-state index contributed by atoms with van der Waals surface area (Å²) >= 11 is 0. The lowest BCUT2D eigenvalue weighted by atomic mass is 10.2. The molecular formula is C19H18N4O4. The molecule has 0 radical (unpaired) electrons. The number of hydrogen-bond donors (Lipinski definition) is 2. The van der Waals surface area contributed by atoms with E-state index < -0.39 is 23.4 Å². The highest BCUT2D eigenvalue weighted by molar-refractivity contribution is 6.78. The third kappa shape index (κ3) is 6.20. The Kier molecular flexibility index (Phi) is 7.40. The molecule has 0 atom stereocenters. The number of esters is 2. The van der Waals surface area contributed by atoms with E-state index in [1.54, 1.807) is 48.5 Å². The van der Waals surface area contributed by atoms with Crippen LogP contribution in [-0.2, 0) is 32.3 Å². The molecule has 138 valence electrons. The number of carbonyl (C=O) groups is 2. The maximum Gasteiger partial charge on any atom is 0.361 e. The van der Waals surface area contributed by atoms with Crippen molar-refractivity contribution in [3.8, 4) is 0 Å². The SMILES string of the molecule is C=NNN=C(C(=N)C(=O)OCc1ccccc1)C(=O)OCc1ccccc1. The molecule has 2 aromatic carbocycles. The van der Waals surface area contributed by atoms with Gasteiger partial charge in [-0.1, -0.05) is 60.7 Å².